The number of aliphatic carboxylic acids is 1. The Balaban J connectivity index is 2.23. The summed E-state index contributed by atoms with van der Waals surface area (Å²) in [6, 6.07) is 5.33. The lowest BCUT2D eigenvalue weighted by molar-refractivity contribution is -0.150. The van der Waals surface area contributed by atoms with Crippen molar-refractivity contribution in [3.05, 3.63) is 33.8 Å². The van der Waals surface area contributed by atoms with E-state index >= 15 is 0 Å². The zero-order valence-electron chi connectivity index (χ0n) is 9.88. The first-order chi connectivity index (χ1) is 8.53. The van der Waals surface area contributed by atoms with E-state index in [0.29, 0.717) is 29.3 Å². The van der Waals surface area contributed by atoms with E-state index < -0.39 is 11.4 Å². The second-order valence-corrected chi connectivity index (χ2v) is 5.58. The van der Waals surface area contributed by atoms with E-state index in [9.17, 15) is 9.90 Å². The summed E-state index contributed by atoms with van der Waals surface area (Å²) in [5, 5.41) is 13.6. The molecule has 1 aromatic carbocycles. The highest BCUT2D eigenvalue weighted by molar-refractivity contribution is 6.42. The smallest absolute Gasteiger partial charge is 0.310 e. The molecule has 3 nitrogen and oxygen atoms in total. The Morgan fingerprint density at radius 1 is 1.28 bits per heavy atom. The molecule has 0 amide bonds. The van der Waals surface area contributed by atoms with Crippen LogP contribution in [-0.2, 0) is 11.2 Å². The number of nitrogens with one attached hydrogen (secondary N) is 1. The van der Waals surface area contributed by atoms with E-state index in [1.807, 2.05) is 6.07 Å². The highest BCUT2D eigenvalue weighted by Crippen LogP contribution is 2.34. The maximum Gasteiger partial charge on any atom is 0.310 e. The maximum absolute atomic E-state index is 11.5. The normalized spacial score (nSPS) is 18.6. The molecule has 1 fully saturated rings. The van der Waals surface area contributed by atoms with Crippen LogP contribution in [0.1, 0.15) is 18.4 Å². The Bertz CT molecular complexity index is 456. The fourth-order valence-corrected chi connectivity index (χ4v) is 2.73. The number of carbonyl (C=O) groups is 1. The molecule has 0 aromatic heterocycles. The predicted octanol–water partition coefficient (Wildman–Crippen LogP) is 2.99. The van der Waals surface area contributed by atoms with Gasteiger partial charge in [-0.2, -0.15) is 0 Å². The van der Waals surface area contributed by atoms with Crippen LogP contribution in [0.4, 0.5) is 0 Å². The van der Waals surface area contributed by atoms with Gasteiger partial charge in [0.2, 0.25) is 0 Å². The van der Waals surface area contributed by atoms with Crippen LogP contribution in [0.5, 0.6) is 0 Å². The molecule has 2 N–H and O–H groups in total. The number of hydrogen-bond acceptors (Lipinski definition) is 2. The van der Waals surface area contributed by atoms with E-state index in [1.54, 1.807) is 12.1 Å². The molecule has 0 bridgehead atoms. The second kappa shape index (κ2) is 5.47. The SMILES string of the molecule is O=C(O)C1(Cc2ccc(Cl)c(Cl)c2)CCNCC1. The van der Waals surface area contributed by atoms with Crippen LogP contribution in [0.3, 0.4) is 0 Å². The Kier molecular flexibility index (Phi) is 4.15. The van der Waals surface area contributed by atoms with Crippen LogP contribution in [0.2, 0.25) is 10.0 Å². The first kappa shape index (κ1) is 13.7. The molecular weight excluding hydrogens is 273 g/mol. The van der Waals surface area contributed by atoms with E-state index in [0.717, 1.165) is 18.7 Å². The monoisotopic (exact) mass is 287 g/mol. The predicted molar refractivity (Wildman–Crippen MR) is 72.3 cm³/mol. The average molecular weight is 288 g/mol. The minimum absolute atomic E-state index is 0.476. The maximum atomic E-state index is 11.5. The fourth-order valence-electron chi connectivity index (χ4n) is 2.41. The van der Waals surface area contributed by atoms with Gasteiger partial charge in [0.1, 0.15) is 0 Å². The standard InChI is InChI=1S/C13H15Cl2NO2/c14-10-2-1-9(7-11(10)15)8-13(12(17)18)3-5-16-6-4-13/h1-2,7,16H,3-6,8H2,(H,17,18). The Labute approximate surface area is 116 Å². The van der Waals surface area contributed by atoms with Gasteiger partial charge in [-0.3, -0.25) is 4.79 Å². The van der Waals surface area contributed by atoms with Crippen LogP contribution in [-0.4, -0.2) is 24.2 Å². The van der Waals surface area contributed by atoms with Gasteiger partial charge in [-0.15, -0.1) is 0 Å². The van der Waals surface area contributed by atoms with Gasteiger partial charge in [0, 0.05) is 0 Å². The number of carboxylic acid groups (broad SMARTS) is 1. The Morgan fingerprint density at radius 3 is 2.50 bits per heavy atom. The summed E-state index contributed by atoms with van der Waals surface area (Å²) in [5.41, 5.74) is 0.247. The Morgan fingerprint density at radius 2 is 1.94 bits per heavy atom. The molecule has 0 atom stereocenters. The summed E-state index contributed by atoms with van der Waals surface area (Å²) in [6.07, 6.45) is 1.78. The lowest BCUT2D eigenvalue weighted by Crippen LogP contribution is -2.43. The highest BCUT2D eigenvalue weighted by Gasteiger charge is 2.39. The number of piperidine rings is 1. The van der Waals surface area contributed by atoms with Crippen molar-refractivity contribution in [3.8, 4) is 0 Å². The molecule has 1 saturated heterocycles. The second-order valence-electron chi connectivity index (χ2n) is 4.76. The van der Waals surface area contributed by atoms with Crippen LogP contribution in [0.15, 0.2) is 18.2 Å². The summed E-state index contributed by atoms with van der Waals surface area (Å²) in [4.78, 5) is 11.5. The lowest BCUT2D eigenvalue weighted by atomic mass is 9.74. The van der Waals surface area contributed by atoms with Crippen molar-refractivity contribution >= 4 is 29.2 Å². The van der Waals surface area contributed by atoms with Gasteiger partial charge in [-0.1, -0.05) is 29.3 Å². The zero-order valence-corrected chi connectivity index (χ0v) is 11.4. The first-order valence-electron chi connectivity index (χ1n) is 5.92. The zero-order chi connectivity index (χ0) is 13.2. The molecule has 0 spiro atoms. The molecular formula is C13H15Cl2NO2. The third-order valence-corrected chi connectivity index (χ3v) is 4.28. The molecule has 5 heteroatoms. The number of hydrogen-bond donors (Lipinski definition) is 2. The summed E-state index contributed by atoms with van der Waals surface area (Å²) < 4.78 is 0. The van der Waals surface area contributed by atoms with Crippen molar-refractivity contribution in [1.82, 2.24) is 5.32 Å². The minimum Gasteiger partial charge on any atom is -0.481 e. The van der Waals surface area contributed by atoms with Crippen LogP contribution >= 0.6 is 23.2 Å². The summed E-state index contributed by atoms with van der Waals surface area (Å²) in [7, 11) is 0. The summed E-state index contributed by atoms with van der Waals surface area (Å²) in [6.45, 7) is 1.49. The van der Waals surface area contributed by atoms with Gasteiger partial charge in [-0.25, -0.2) is 0 Å². The lowest BCUT2D eigenvalue weighted by Gasteiger charge is -2.33. The molecule has 18 heavy (non-hydrogen) atoms. The minimum atomic E-state index is -0.727. The van der Waals surface area contributed by atoms with E-state index in [1.165, 1.54) is 0 Å². The van der Waals surface area contributed by atoms with Gasteiger partial charge >= 0.3 is 5.97 Å². The average Bonchev–Trinajstić information content (AvgIpc) is 2.35. The van der Waals surface area contributed by atoms with Crippen LogP contribution in [0.25, 0.3) is 0 Å². The van der Waals surface area contributed by atoms with Crippen molar-refractivity contribution in [1.29, 1.82) is 0 Å². The van der Waals surface area contributed by atoms with Crippen molar-refractivity contribution in [2.75, 3.05) is 13.1 Å². The number of carboxylic acids is 1. The largest absolute Gasteiger partial charge is 0.481 e. The molecule has 0 aliphatic carbocycles. The van der Waals surface area contributed by atoms with Gasteiger partial charge < -0.3 is 10.4 Å². The van der Waals surface area contributed by atoms with Crippen LogP contribution < -0.4 is 5.32 Å². The number of halogens is 2. The molecule has 0 unspecified atom stereocenters. The third-order valence-electron chi connectivity index (χ3n) is 3.54. The molecule has 1 aliphatic heterocycles. The fraction of sp³-hybridized carbons (Fsp3) is 0.462. The van der Waals surface area contributed by atoms with Crippen molar-refractivity contribution in [3.63, 3.8) is 0 Å². The number of benzene rings is 1. The van der Waals surface area contributed by atoms with Crippen molar-refractivity contribution in [2.45, 2.75) is 19.3 Å². The highest BCUT2D eigenvalue weighted by atomic mass is 35.5. The van der Waals surface area contributed by atoms with Gasteiger partial charge in [0.05, 0.1) is 15.5 Å². The summed E-state index contributed by atoms with van der Waals surface area (Å²) >= 11 is 11.8. The molecule has 1 heterocycles. The Hall–Kier alpha value is -0.770. The molecule has 98 valence electrons. The molecule has 0 radical (unpaired) electrons. The van der Waals surface area contributed by atoms with E-state index in [2.05, 4.69) is 5.32 Å². The quantitative estimate of drug-likeness (QED) is 0.899. The molecule has 1 aliphatic rings. The van der Waals surface area contributed by atoms with Crippen molar-refractivity contribution in [2.24, 2.45) is 5.41 Å². The summed E-state index contributed by atoms with van der Waals surface area (Å²) in [5.74, 6) is -0.727. The van der Waals surface area contributed by atoms with E-state index in [4.69, 9.17) is 23.2 Å². The topological polar surface area (TPSA) is 49.3 Å². The third kappa shape index (κ3) is 2.79. The van der Waals surface area contributed by atoms with Crippen molar-refractivity contribution < 1.29 is 9.90 Å². The van der Waals surface area contributed by atoms with Gasteiger partial charge in [-0.05, 0) is 50.0 Å². The van der Waals surface area contributed by atoms with Gasteiger partial charge in [0.15, 0.2) is 0 Å². The molecule has 1 aromatic rings. The van der Waals surface area contributed by atoms with Crippen LogP contribution in [0, 0.1) is 5.41 Å². The first-order valence-corrected chi connectivity index (χ1v) is 6.67. The molecule has 0 saturated carbocycles. The number of rotatable bonds is 3. The van der Waals surface area contributed by atoms with Gasteiger partial charge in [0.25, 0.3) is 0 Å². The molecule has 2 rings (SSSR count). The van der Waals surface area contributed by atoms with E-state index in [-0.39, 0.29) is 0 Å².